The van der Waals surface area contributed by atoms with Crippen LogP contribution in [0.25, 0.3) is 0 Å². The van der Waals surface area contributed by atoms with E-state index in [1.807, 2.05) is 0 Å². The van der Waals surface area contributed by atoms with Crippen molar-refractivity contribution in [2.45, 2.75) is 26.1 Å². The van der Waals surface area contributed by atoms with Crippen molar-refractivity contribution in [1.82, 2.24) is 0 Å². The number of carbonyl (C=O) groups is 1. The molecule has 0 saturated carbocycles. The molecular formula is C11H15NO4. The smallest absolute Gasteiger partial charge is 0.335 e. The van der Waals surface area contributed by atoms with Crippen molar-refractivity contribution in [3.8, 4) is 0 Å². The van der Waals surface area contributed by atoms with Crippen molar-refractivity contribution < 1.29 is 20.1 Å². The Morgan fingerprint density at radius 2 is 1.69 bits per heavy atom. The summed E-state index contributed by atoms with van der Waals surface area (Å²) in [5.74, 6) is -1.46. The Morgan fingerprint density at radius 3 is 2.06 bits per heavy atom. The number of aliphatic hydroxyl groups excluding tert-OH is 2. The highest BCUT2D eigenvalue weighted by Crippen LogP contribution is 2.26. The maximum atomic E-state index is 10.6. The summed E-state index contributed by atoms with van der Waals surface area (Å²) in [6.07, 6.45) is -3.28. The lowest BCUT2D eigenvalue weighted by Crippen LogP contribution is -2.28. The molecule has 0 radical (unpaired) electrons. The Morgan fingerprint density at radius 1 is 1.25 bits per heavy atom. The minimum atomic E-state index is -1.83. The largest absolute Gasteiger partial charge is 0.479 e. The Balaban J connectivity index is 3.18. The lowest BCUT2D eigenvalue weighted by molar-refractivity contribution is -0.153. The third-order valence-electron chi connectivity index (χ3n) is 2.46. The molecule has 0 spiro atoms. The molecule has 0 fully saturated rings. The van der Waals surface area contributed by atoms with Crippen LogP contribution in [0.5, 0.6) is 0 Å². The van der Waals surface area contributed by atoms with Gasteiger partial charge in [-0.25, -0.2) is 4.79 Å². The van der Waals surface area contributed by atoms with Crippen LogP contribution in [0.2, 0.25) is 0 Å². The number of carboxylic acids is 1. The molecule has 1 rings (SSSR count). The van der Waals surface area contributed by atoms with E-state index in [9.17, 15) is 15.0 Å². The maximum absolute atomic E-state index is 10.6. The van der Waals surface area contributed by atoms with Crippen LogP contribution in [0.4, 0.5) is 5.69 Å². The first kappa shape index (κ1) is 12.5. The van der Waals surface area contributed by atoms with Crippen LogP contribution in [-0.4, -0.2) is 27.4 Å². The molecule has 1 aromatic carbocycles. The maximum Gasteiger partial charge on any atom is 0.335 e. The Kier molecular flexibility index (Phi) is 3.51. The van der Waals surface area contributed by atoms with Crippen molar-refractivity contribution in [1.29, 1.82) is 0 Å². The topological polar surface area (TPSA) is 104 Å². The number of carboxylic acid groups (broad SMARTS) is 1. The van der Waals surface area contributed by atoms with E-state index in [-0.39, 0.29) is 0 Å². The predicted molar refractivity (Wildman–Crippen MR) is 58.9 cm³/mol. The minimum absolute atomic E-state index is 0.407. The zero-order chi connectivity index (χ0) is 12.5. The third-order valence-corrected chi connectivity index (χ3v) is 2.46. The molecule has 0 saturated heterocycles. The number of nitrogens with two attached hydrogens (primary N) is 1. The average molecular weight is 225 g/mol. The summed E-state index contributed by atoms with van der Waals surface area (Å²) in [6.45, 7) is 3.41. The quantitative estimate of drug-likeness (QED) is 0.556. The molecule has 88 valence electrons. The zero-order valence-corrected chi connectivity index (χ0v) is 9.14. The molecule has 0 aliphatic carbocycles. The monoisotopic (exact) mass is 225 g/mol. The number of hydrogen-bond acceptors (Lipinski definition) is 4. The Labute approximate surface area is 93.1 Å². The van der Waals surface area contributed by atoms with Crippen LogP contribution in [0, 0.1) is 13.8 Å². The van der Waals surface area contributed by atoms with Gasteiger partial charge in [0.25, 0.3) is 0 Å². The molecule has 0 aliphatic heterocycles. The molecule has 1 aromatic rings. The molecule has 16 heavy (non-hydrogen) atoms. The number of rotatable bonds is 3. The summed E-state index contributed by atoms with van der Waals surface area (Å²) >= 11 is 0. The van der Waals surface area contributed by atoms with Gasteiger partial charge in [-0.05, 0) is 42.7 Å². The molecule has 5 nitrogen and oxygen atoms in total. The van der Waals surface area contributed by atoms with Crippen LogP contribution in [0.3, 0.4) is 0 Å². The van der Waals surface area contributed by atoms with Gasteiger partial charge in [-0.15, -0.1) is 0 Å². The number of aliphatic carboxylic acids is 1. The van der Waals surface area contributed by atoms with Crippen molar-refractivity contribution in [3.63, 3.8) is 0 Å². The number of benzene rings is 1. The first-order valence-electron chi connectivity index (χ1n) is 4.80. The standard InChI is InChI=1S/C11H15NO4/c1-5-3-7(12)4-6(2)8(5)9(13)10(14)11(15)16/h3-4,9-10,13-14H,12H2,1-2H3,(H,15,16). The van der Waals surface area contributed by atoms with E-state index in [1.165, 1.54) is 0 Å². The highest BCUT2D eigenvalue weighted by atomic mass is 16.4. The van der Waals surface area contributed by atoms with Gasteiger partial charge in [-0.2, -0.15) is 0 Å². The van der Waals surface area contributed by atoms with Gasteiger partial charge >= 0.3 is 5.97 Å². The van der Waals surface area contributed by atoms with E-state index < -0.39 is 18.2 Å². The third kappa shape index (κ3) is 2.32. The van der Waals surface area contributed by atoms with E-state index in [0.717, 1.165) is 0 Å². The molecule has 5 heteroatoms. The summed E-state index contributed by atoms with van der Waals surface area (Å²) in [6, 6.07) is 3.25. The minimum Gasteiger partial charge on any atom is -0.479 e. The van der Waals surface area contributed by atoms with Crippen molar-refractivity contribution in [2.24, 2.45) is 0 Å². The number of nitrogen functional groups attached to an aromatic ring is 1. The number of anilines is 1. The van der Waals surface area contributed by atoms with E-state index in [4.69, 9.17) is 10.8 Å². The molecular weight excluding hydrogens is 210 g/mol. The van der Waals surface area contributed by atoms with Gasteiger partial charge < -0.3 is 21.1 Å². The van der Waals surface area contributed by atoms with Crippen LogP contribution < -0.4 is 5.73 Å². The fourth-order valence-electron chi connectivity index (χ4n) is 1.77. The van der Waals surface area contributed by atoms with Gasteiger partial charge in [-0.1, -0.05) is 0 Å². The van der Waals surface area contributed by atoms with E-state index >= 15 is 0 Å². The summed E-state index contributed by atoms with van der Waals surface area (Å²) in [5, 5.41) is 27.6. The number of aliphatic hydroxyl groups is 2. The molecule has 0 aliphatic rings. The van der Waals surface area contributed by atoms with Crippen LogP contribution >= 0.6 is 0 Å². The van der Waals surface area contributed by atoms with Gasteiger partial charge in [0, 0.05) is 5.69 Å². The SMILES string of the molecule is Cc1cc(N)cc(C)c1C(O)C(O)C(=O)O. The van der Waals surface area contributed by atoms with E-state index in [2.05, 4.69) is 0 Å². The zero-order valence-electron chi connectivity index (χ0n) is 9.14. The Bertz CT molecular complexity index is 393. The number of aryl methyl sites for hydroxylation is 2. The van der Waals surface area contributed by atoms with Crippen LogP contribution in [-0.2, 0) is 4.79 Å². The number of hydrogen-bond donors (Lipinski definition) is 4. The van der Waals surface area contributed by atoms with Crippen LogP contribution in [0.15, 0.2) is 12.1 Å². The van der Waals surface area contributed by atoms with Gasteiger partial charge in [-0.3, -0.25) is 0 Å². The molecule has 0 heterocycles. The van der Waals surface area contributed by atoms with E-state index in [0.29, 0.717) is 22.4 Å². The van der Waals surface area contributed by atoms with Gasteiger partial charge in [0.05, 0.1) is 0 Å². The average Bonchev–Trinajstić information content (AvgIpc) is 2.14. The summed E-state index contributed by atoms with van der Waals surface area (Å²) in [4.78, 5) is 10.6. The second-order valence-corrected chi connectivity index (χ2v) is 3.80. The van der Waals surface area contributed by atoms with E-state index in [1.54, 1.807) is 26.0 Å². The summed E-state index contributed by atoms with van der Waals surface area (Å²) in [7, 11) is 0. The normalized spacial score (nSPS) is 14.5. The van der Waals surface area contributed by atoms with Gasteiger partial charge in [0.2, 0.25) is 0 Å². The second kappa shape index (κ2) is 4.51. The highest BCUT2D eigenvalue weighted by molar-refractivity contribution is 5.73. The molecule has 0 bridgehead atoms. The molecule has 2 unspecified atom stereocenters. The van der Waals surface area contributed by atoms with Gasteiger partial charge in [0.15, 0.2) is 6.10 Å². The molecule has 0 aromatic heterocycles. The van der Waals surface area contributed by atoms with Crippen molar-refractivity contribution in [2.75, 3.05) is 5.73 Å². The highest BCUT2D eigenvalue weighted by Gasteiger charge is 2.27. The van der Waals surface area contributed by atoms with Crippen molar-refractivity contribution >= 4 is 11.7 Å². The lowest BCUT2D eigenvalue weighted by atomic mass is 9.94. The first-order valence-corrected chi connectivity index (χ1v) is 4.80. The summed E-state index contributed by atoms with van der Waals surface area (Å²) in [5.41, 5.74) is 7.86. The molecule has 0 amide bonds. The predicted octanol–water partition coefficient (Wildman–Crippen LogP) is 0.365. The fourth-order valence-corrected chi connectivity index (χ4v) is 1.77. The van der Waals surface area contributed by atoms with Crippen LogP contribution in [0.1, 0.15) is 22.8 Å². The molecule has 5 N–H and O–H groups in total. The lowest BCUT2D eigenvalue weighted by Gasteiger charge is -2.19. The van der Waals surface area contributed by atoms with Crippen molar-refractivity contribution in [3.05, 3.63) is 28.8 Å². The molecule has 2 atom stereocenters. The summed E-state index contributed by atoms with van der Waals surface area (Å²) < 4.78 is 0. The fraction of sp³-hybridized carbons (Fsp3) is 0.364. The Hall–Kier alpha value is -1.59. The van der Waals surface area contributed by atoms with Gasteiger partial charge in [0.1, 0.15) is 6.10 Å². The second-order valence-electron chi connectivity index (χ2n) is 3.80. The first-order chi connectivity index (χ1) is 7.34.